The molecule has 106 valence electrons. The van der Waals surface area contributed by atoms with Crippen LogP contribution >= 0.6 is 0 Å². The van der Waals surface area contributed by atoms with E-state index in [-0.39, 0.29) is 0 Å². The van der Waals surface area contributed by atoms with Gasteiger partial charge in [0.2, 0.25) is 0 Å². The van der Waals surface area contributed by atoms with Gasteiger partial charge in [0.05, 0.1) is 12.3 Å². The molecule has 2 aromatic rings. The molecule has 2 aliphatic heterocycles. The third-order valence-electron chi connectivity index (χ3n) is 4.29. The number of piperazine rings is 1. The largest absolute Gasteiger partial charge is 0.381 e. The van der Waals surface area contributed by atoms with Gasteiger partial charge in [-0.1, -0.05) is 0 Å². The minimum Gasteiger partial charge on any atom is -0.381 e. The molecule has 0 spiro atoms. The van der Waals surface area contributed by atoms with E-state index in [4.69, 9.17) is 9.72 Å². The fourth-order valence-corrected chi connectivity index (χ4v) is 3.07. The van der Waals surface area contributed by atoms with Crippen molar-refractivity contribution >= 4 is 11.3 Å². The number of fused-ring (bicyclic) bond motifs is 1. The van der Waals surface area contributed by atoms with E-state index in [1.807, 2.05) is 0 Å². The molecule has 4 heterocycles. The number of aromatic nitrogens is 2. The maximum absolute atomic E-state index is 5.46. The minimum atomic E-state index is 0.470. The molecule has 5 heteroatoms. The summed E-state index contributed by atoms with van der Waals surface area (Å²) in [4.78, 5) is 7.21. The normalized spacial score (nSPS) is 23.6. The topological polar surface area (TPSA) is 41.8 Å². The molecular formula is C15H20N4O. The Morgan fingerprint density at radius 3 is 3.00 bits per heavy atom. The summed E-state index contributed by atoms with van der Waals surface area (Å²) in [6.45, 7) is 5.94. The van der Waals surface area contributed by atoms with Gasteiger partial charge >= 0.3 is 0 Å². The van der Waals surface area contributed by atoms with Crippen LogP contribution in [0.1, 0.15) is 18.0 Å². The predicted octanol–water partition coefficient (Wildman–Crippen LogP) is 1.25. The SMILES string of the molecule is c1cn2cc(C3CCOC3)nc2cc1N1CCNCC1. The van der Waals surface area contributed by atoms with Crippen LogP contribution in [0.25, 0.3) is 5.65 Å². The maximum atomic E-state index is 5.46. The van der Waals surface area contributed by atoms with E-state index in [2.05, 4.69) is 39.1 Å². The first-order chi connectivity index (χ1) is 9.90. The Kier molecular flexibility index (Phi) is 3.09. The molecule has 5 nitrogen and oxygen atoms in total. The first-order valence-electron chi connectivity index (χ1n) is 7.42. The summed E-state index contributed by atoms with van der Waals surface area (Å²) >= 11 is 0. The minimum absolute atomic E-state index is 0.470. The number of hydrogen-bond donors (Lipinski definition) is 1. The lowest BCUT2D eigenvalue weighted by atomic mass is 10.1. The van der Waals surface area contributed by atoms with Gasteiger partial charge in [0.15, 0.2) is 0 Å². The van der Waals surface area contributed by atoms with Gasteiger partial charge in [-0.3, -0.25) is 0 Å². The van der Waals surface area contributed by atoms with E-state index < -0.39 is 0 Å². The molecule has 1 atom stereocenters. The summed E-state index contributed by atoms with van der Waals surface area (Å²) in [7, 11) is 0. The van der Waals surface area contributed by atoms with Crippen molar-refractivity contribution in [1.29, 1.82) is 0 Å². The molecule has 2 fully saturated rings. The zero-order valence-electron chi connectivity index (χ0n) is 11.6. The van der Waals surface area contributed by atoms with E-state index in [0.29, 0.717) is 5.92 Å². The second kappa shape index (κ2) is 5.07. The second-order valence-electron chi connectivity index (χ2n) is 5.61. The Bertz CT molecular complexity index is 597. The van der Waals surface area contributed by atoms with Crippen molar-refractivity contribution in [3.05, 3.63) is 30.2 Å². The molecule has 1 N–H and O–H groups in total. The molecule has 0 bridgehead atoms. The van der Waals surface area contributed by atoms with Crippen LogP contribution in [0.2, 0.25) is 0 Å². The lowest BCUT2D eigenvalue weighted by Gasteiger charge is -2.29. The number of imidazole rings is 1. The van der Waals surface area contributed by atoms with Crippen LogP contribution in [0, 0.1) is 0 Å². The Labute approximate surface area is 118 Å². The quantitative estimate of drug-likeness (QED) is 0.893. The van der Waals surface area contributed by atoms with Gasteiger partial charge < -0.3 is 19.4 Å². The van der Waals surface area contributed by atoms with E-state index in [9.17, 15) is 0 Å². The maximum Gasteiger partial charge on any atom is 0.139 e. The van der Waals surface area contributed by atoms with E-state index in [1.165, 1.54) is 11.4 Å². The highest BCUT2D eigenvalue weighted by atomic mass is 16.5. The van der Waals surface area contributed by atoms with Gasteiger partial charge in [-0.2, -0.15) is 0 Å². The monoisotopic (exact) mass is 272 g/mol. The lowest BCUT2D eigenvalue weighted by molar-refractivity contribution is 0.193. The molecule has 0 saturated carbocycles. The van der Waals surface area contributed by atoms with Crippen molar-refractivity contribution in [3.8, 4) is 0 Å². The molecule has 0 aliphatic carbocycles. The highest BCUT2D eigenvalue weighted by Gasteiger charge is 2.20. The van der Waals surface area contributed by atoms with Gasteiger partial charge in [-0.15, -0.1) is 0 Å². The fraction of sp³-hybridized carbons (Fsp3) is 0.533. The van der Waals surface area contributed by atoms with E-state index >= 15 is 0 Å². The molecular weight excluding hydrogens is 252 g/mol. The molecule has 4 rings (SSSR count). The third kappa shape index (κ3) is 2.17. The Balaban J connectivity index is 1.64. The average molecular weight is 272 g/mol. The van der Waals surface area contributed by atoms with Crippen molar-refractivity contribution in [2.24, 2.45) is 0 Å². The highest BCUT2D eigenvalue weighted by Crippen LogP contribution is 2.26. The van der Waals surface area contributed by atoms with Crippen LogP contribution in [0.15, 0.2) is 24.5 Å². The summed E-state index contributed by atoms with van der Waals surface area (Å²) in [6, 6.07) is 4.39. The molecule has 2 aliphatic rings. The van der Waals surface area contributed by atoms with Crippen molar-refractivity contribution in [3.63, 3.8) is 0 Å². The number of nitrogens with zero attached hydrogens (tertiary/aromatic N) is 3. The van der Waals surface area contributed by atoms with E-state index in [1.54, 1.807) is 0 Å². The summed E-state index contributed by atoms with van der Waals surface area (Å²) in [5.74, 6) is 0.470. The predicted molar refractivity (Wildman–Crippen MR) is 78.5 cm³/mol. The van der Waals surface area contributed by atoms with Crippen molar-refractivity contribution in [1.82, 2.24) is 14.7 Å². The van der Waals surface area contributed by atoms with Crippen LogP contribution in [0.4, 0.5) is 5.69 Å². The molecule has 1 unspecified atom stereocenters. The number of nitrogens with one attached hydrogen (secondary N) is 1. The van der Waals surface area contributed by atoms with Gasteiger partial charge in [0, 0.05) is 62.9 Å². The number of ether oxygens (including phenoxy) is 1. The van der Waals surface area contributed by atoms with Crippen molar-refractivity contribution < 1.29 is 4.74 Å². The van der Waals surface area contributed by atoms with Crippen molar-refractivity contribution in [2.45, 2.75) is 12.3 Å². The number of pyridine rings is 1. The zero-order valence-corrected chi connectivity index (χ0v) is 11.6. The van der Waals surface area contributed by atoms with Crippen LogP contribution in [-0.4, -0.2) is 48.8 Å². The molecule has 20 heavy (non-hydrogen) atoms. The molecule has 0 aromatic carbocycles. The lowest BCUT2D eigenvalue weighted by Crippen LogP contribution is -2.43. The molecule has 0 amide bonds. The highest BCUT2D eigenvalue weighted by molar-refractivity contribution is 5.57. The smallest absolute Gasteiger partial charge is 0.139 e. The van der Waals surface area contributed by atoms with Crippen molar-refractivity contribution in [2.75, 3.05) is 44.3 Å². The Morgan fingerprint density at radius 1 is 1.30 bits per heavy atom. The second-order valence-corrected chi connectivity index (χ2v) is 5.61. The number of hydrogen-bond acceptors (Lipinski definition) is 4. The zero-order chi connectivity index (χ0) is 13.4. The summed E-state index contributed by atoms with van der Waals surface area (Å²) < 4.78 is 7.59. The third-order valence-corrected chi connectivity index (χ3v) is 4.29. The molecule has 2 saturated heterocycles. The first-order valence-corrected chi connectivity index (χ1v) is 7.42. The van der Waals surface area contributed by atoms with Gasteiger partial charge in [0.1, 0.15) is 5.65 Å². The van der Waals surface area contributed by atoms with Gasteiger partial charge in [-0.05, 0) is 12.5 Å². The summed E-state index contributed by atoms with van der Waals surface area (Å²) in [5.41, 5.74) is 3.49. The summed E-state index contributed by atoms with van der Waals surface area (Å²) in [6.07, 6.45) is 5.36. The summed E-state index contributed by atoms with van der Waals surface area (Å²) in [5, 5.41) is 3.39. The first kappa shape index (κ1) is 12.2. The fourth-order valence-electron chi connectivity index (χ4n) is 3.07. The van der Waals surface area contributed by atoms with Crippen LogP contribution in [0.5, 0.6) is 0 Å². The van der Waals surface area contributed by atoms with Crippen LogP contribution < -0.4 is 10.2 Å². The Hall–Kier alpha value is -1.59. The van der Waals surface area contributed by atoms with E-state index in [0.717, 1.165) is 51.5 Å². The standard InChI is InChI=1S/C15H20N4O/c1-5-19-10-14(12-2-8-20-11-12)17-15(19)9-13(1)18-6-3-16-4-7-18/h1,5,9-10,12,16H,2-4,6-8,11H2. The van der Waals surface area contributed by atoms with Gasteiger partial charge in [0.25, 0.3) is 0 Å². The Morgan fingerprint density at radius 2 is 2.20 bits per heavy atom. The number of anilines is 1. The molecule has 0 radical (unpaired) electrons. The van der Waals surface area contributed by atoms with Crippen LogP contribution in [0.3, 0.4) is 0 Å². The average Bonchev–Trinajstić information content (AvgIpc) is 3.16. The van der Waals surface area contributed by atoms with Gasteiger partial charge in [-0.25, -0.2) is 4.98 Å². The molecule has 2 aromatic heterocycles. The number of rotatable bonds is 2. The van der Waals surface area contributed by atoms with Crippen LogP contribution in [-0.2, 0) is 4.74 Å².